The van der Waals surface area contributed by atoms with Gasteiger partial charge in [0.15, 0.2) is 17.3 Å². The van der Waals surface area contributed by atoms with Crippen molar-refractivity contribution in [2.75, 3.05) is 25.1 Å². The molecule has 3 aromatic rings. The minimum absolute atomic E-state index is 0.334. The number of ether oxygens (including phenoxy) is 3. The van der Waals surface area contributed by atoms with Gasteiger partial charge in [-0.3, -0.25) is 9.89 Å². The SMILES string of the molecule is CCOc1cc(C(=O)Nc2n[nH]c(C)c2-c2ccc(F)cc2)cc(OCC)c1OCC. The predicted molar refractivity (Wildman–Crippen MR) is 117 cm³/mol. The highest BCUT2D eigenvalue weighted by Crippen LogP contribution is 2.39. The molecule has 0 aliphatic rings. The van der Waals surface area contributed by atoms with Crippen molar-refractivity contribution in [3.05, 3.63) is 53.5 Å². The van der Waals surface area contributed by atoms with Crippen LogP contribution in [0.4, 0.5) is 10.2 Å². The molecule has 1 aromatic heterocycles. The first-order valence-corrected chi connectivity index (χ1v) is 10.2. The van der Waals surface area contributed by atoms with Crippen LogP contribution in [-0.2, 0) is 0 Å². The van der Waals surface area contributed by atoms with E-state index in [1.54, 1.807) is 24.3 Å². The summed E-state index contributed by atoms with van der Waals surface area (Å²) in [6.45, 7) is 8.64. The Bertz CT molecular complexity index is 1020. The van der Waals surface area contributed by atoms with Crippen LogP contribution in [0.25, 0.3) is 11.1 Å². The number of carbonyl (C=O) groups is 1. The van der Waals surface area contributed by atoms with E-state index in [9.17, 15) is 9.18 Å². The second-order valence-corrected chi connectivity index (χ2v) is 6.63. The van der Waals surface area contributed by atoms with Gasteiger partial charge in [-0.2, -0.15) is 5.10 Å². The van der Waals surface area contributed by atoms with Crippen LogP contribution >= 0.6 is 0 Å². The van der Waals surface area contributed by atoms with Crippen LogP contribution < -0.4 is 19.5 Å². The number of anilines is 1. The van der Waals surface area contributed by atoms with Gasteiger partial charge in [0.25, 0.3) is 5.91 Å². The van der Waals surface area contributed by atoms with E-state index >= 15 is 0 Å². The summed E-state index contributed by atoms with van der Waals surface area (Å²) in [5.74, 6) is 0.940. The molecule has 8 heteroatoms. The summed E-state index contributed by atoms with van der Waals surface area (Å²) in [6, 6.07) is 9.23. The number of rotatable bonds is 9. The van der Waals surface area contributed by atoms with Crippen molar-refractivity contribution >= 4 is 11.7 Å². The molecule has 2 N–H and O–H groups in total. The van der Waals surface area contributed by atoms with Gasteiger partial charge >= 0.3 is 0 Å². The van der Waals surface area contributed by atoms with Crippen LogP contribution in [0, 0.1) is 12.7 Å². The predicted octanol–water partition coefficient (Wildman–Crippen LogP) is 4.97. The Hall–Kier alpha value is -3.55. The Morgan fingerprint density at radius 2 is 1.58 bits per heavy atom. The highest BCUT2D eigenvalue weighted by atomic mass is 19.1. The number of aromatic amines is 1. The summed E-state index contributed by atoms with van der Waals surface area (Å²) in [5.41, 5.74) is 2.51. The largest absolute Gasteiger partial charge is 0.490 e. The zero-order valence-electron chi connectivity index (χ0n) is 18.0. The van der Waals surface area contributed by atoms with Crippen molar-refractivity contribution in [3.8, 4) is 28.4 Å². The van der Waals surface area contributed by atoms with Gasteiger partial charge < -0.3 is 19.5 Å². The van der Waals surface area contributed by atoms with Gasteiger partial charge in [0.2, 0.25) is 5.75 Å². The van der Waals surface area contributed by atoms with Gasteiger partial charge in [-0.15, -0.1) is 0 Å². The summed E-state index contributed by atoms with van der Waals surface area (Å²) in [4.78, 5) is 13.1. The first-order chi connectivity index (χ1) is 15.0. The number of amides is 1. The Morgan fingerprint density at radius 3 is 2.13 bits per heavy atom. The molecule has 31 heavy (non-hydrogen) atoms. The molecule has 0 saturated heterocycles. The van der Waals surface area contributed by atoms with E-state index in [2.05, 4.69) is 15.5 Å². The van der Waals surface area contributed by atoms with E-state index in [4.69, 9.17) is 14.2 Å². The summed E-state index contributed by atoms with van der Waals surface area (Å²) >= 11 is 0. The molecule has 0 spiro atoms. The zero-order chi connectivity index (χ0) is 22.4. The molecule has 164 valence electrons. The Balaban J connectivity index is 1.96. The number of nitrogens with one attached hydrogen (secondary N) is 2. The molecule has 3 rings (SSSR count). The molecule has 0 fully saturated rings. The number of halogens is 1. The summed E-state index contributed by atoms with van der Waals surface area (Å²) < 4.78 is 30.4. The smallest absolute Gasteiger partial charge is 0.257 e. The van der Waals surface area contributed by atoms with Gasteiger partial charge in [0, 0.05) is 16.8 Å². The maximum absolute atomic E-state index is 13.3. The molecule has 1 heterocycles. The number of hydrogen-bond donors (Lipinski definition) is 2. The molecule has 1 amide bonds. The van der Waals surface area contributed by atoms with Gasteiger partial charge in [0.05, 0.1) is 19.8 Å². The molecule has 2 aromatic carbocycles. The molecule has 0 aliphatic heterocycles. The van der Waals surface area contributed by atoms with Crippen molar-refractivity contribution in [3.63, 3.8) is 0 Å². The van der Waals surface area contributed by atoms with E-state index in [0.29, 0.717) is 54.0 Å². The second kappa shape index (κ2) is 9.97. The van der Waals surface area contributed by atoms with Gasteiger partial charge in [-0.25, -0.2) is 4.39 Å². The van der Waals surface area contributed by atoms with Gasteiger partial charge in [-0.05, 0) is 57.5 Å². The average Bonchev–Trinajstić information content (AvgIpc) is 3.11. The fourth-order valence-corrected chi connectivity index (χ4v) is 3.19. The maximum atomic E-state index is 13.3. The Morgan fingerprint density at radius 1 is 1.00 bits per heavy atom. The van der Waals surface area contributed by atoms with Gasteiger partial charge in [0.1, 0.15) is 5.82 Å². The lowest BCUT2D eigenvalue weighted by molar-refractivity contribution is 0.102. The molecular formula is C23H26FN3O4. The third-order valence-electron chi connectivity index (χ3n) is 4.48. The van der Waals surface area contributed by atoms with Crippen LogP contribution in [0.3, 0.4) is 0 Å². The van der Waals surface area contributed by atoms with Gasteiger partial charge in [-0.1, -0.05) is 12.1 Å². The number of carbonyl (C=O) groups excluding carboxylic acids is 1. The van der Waals surface area contributed by atoms with E-state index in [1.165, 1.54) is 12.1 Å². The molecule has 0 bridgehead atoms. The van der Waals surface area contributed by atoms with E-state index in [0.717, 1.165) is 11.3 Å². The summed E-state index contributed by atoms with van der Waals surface area (Å²) in [7, 11) is 0. The van der Waals surface area contributed by atoms with Crippen LogP contribution in [-0.4, -0.2) is 35.9 Å². The zero-order valence-corrected chi connectivity index (χ0v) is 18.0. The minimum Gasteiger partial charge on any atom is -0.490 e. The Kier molecular flexibility index (Phi) is 7.12. The monoisotopic (exact) mass is 427 g/mol. The second-order valence-electron chi connectivity index (χ2n) is 6.63. The molecule has 0 radical (unpaired) electrons. The number of benzene rings is 2. The van der Waals surface area contributed by atoms with Crippen LogP contribution in [0.1, 0.15) is 36.8 Å². The fraction of sp³-hybridized carbons (Fsp3) is 0.304. The number of aromatic nitrogens is 2. The highest BCUT2D eigenvalue weighted by molar-refractivity contribution is 6.06. The molecule has 0 aliphatic carbocycles. The van der Waals surface area contributed by atoms with Crippen molar-refractivity contribution in [1.29, 1.82) is 0 Å². The van der Waals surface area contributed by atoms with E-state index in [-0.39, 0.29) is 11.7 Å². The molecule has 0 saturated carbocycles. The third kappa shape index (κ3) is 4.96. The van der Waals surface area contributed by atoms with Crippen LogP contribution in [0.5, 0.6) is 17.2 Å². The number of hydrogen-bond acceptors (Lipinski definition) is 5. The first-order valence-electron chi connectivity index (χ1n) is 10.2. The lowest BCUT2D eigenvalue weighted by Crippen LogP contribution is -2.14. The molecular weight excluding hydrogens is 401 g/mol. The average molecular weight is 427 g/mol. The lowest BCUT2D eigenvalue weighted by atomic mass is 10.1. The quantitative estimate of drug-likeness (QED) is 0.503. The van der Waals surface area contributed by atoms with Crippen LogP contribution in [0.15, 0.2) is 36.4 Å². The topological polar surface area (TPSA) is 85.5 Å². The number of nitrogens with zero attached hydrogens (tertiary/aromatic N) is 1. The van der Waals surface area contributed by atoms with E-state index in [1.807, 2.05) is 27.7 Å². The number of aryl methyl sites for hydroxylation is 1. The fourth-order valence-electron chi connectivity index (χ4n) is 3.19. The highest BCUT2D eigenvalue weighted by Gasteiger charge is 2.21. The first kappa shape index (κ1) is 22.1. The summed E-state index contributed by atoms with van der Waals surface area (Å²) in [5, 5.41) is 9.90. The van der Waals surface area contributed by atoms with Crippen molar-refractivity contribution < 1.29 is 23.4 Å². The normalized spacial score (nSPS) is 10.6. The summed E-state index contributed by atoms with van der Waals surface area (Å²) in [6.07, 6.45) is 0. The number of H-pyrrole nitrogens is 1. The molecule has 7 nitrogen and oxygen atoms in total. The minimum atomic E-state index is -0.389. The molecule has 0 unspecified atom stereocenters. The van der Waals surface area contributed by atoms with Crippen molar-refractivity contribution in [1.82, 2.24) is 10.2 Å². The molecule has 0 atom stereocenters. The van der Waals surface area contributed by atoms with Crippen molar-refractivity contribution in [2.24, 2.45) is 0 Å². The standard InChI is InChI=1S/C23H26FN3O4/c1-5-29-18-12-16(13-19(30-6-2)21(18)31-7-3)23(28)25-22-20(14(4)26-27-22)15-8-10-17(24)11-9-15/h8-13H,5-7H2,1-4H3,(H2,25,26,27,28). The third-order valence-corrected chi connectivity index (χ3v) is 4.48. The van der Waals surface area contributed by atoms with E-state index < -0.39 is 0 Å². The maximum Gasteiger partial charge on any atom is 0.257 e. The Labute approximate surface area is 180 Å². The van der Waals surface area contributed by atoms with Crippen molar-refractivity contribution in [2.45, 2.75) is 27.7 Å². The van der Waals surface area contributed by atoms with Crippen LogP contribution in [0.2, 0.25) is 0 Å². The lowest BCUT2D eigenvalue weighted by Gasteiger charge is -2.17.